The average Bonchev–Trinajstić information content (AvgIpc) is 2.90. The number of rotatable bonds is 7. The average molecular weight is 318 g/mol. The maximum Gasteiger partial charge on any atom is 0.234 e. The molecule has 2 aromatic rings. The quantitative estimate of drug-likeness (QED) is 0.796. The van der Waals surface area contributed by atoms with E-state index in [0.29, 0.717) is 5.75 Å². The van der Waals surface area contributed by atoms with Crippen LogP contribution in [-0.4, -0.2) is 26.4 Å². The monoisotopic (exact) mass is 318 g/mol. The van der Waals surface area contributed by atoms with Gasteiger partial charge in [0.25, 0.3) is 0 Å². The first kappa shape index (κ1) is 16.5. The summed E-state index contributed by atoms with van der Waals surface area (Å²) in [5.41, 5.74) is 1.99. The van der Waals surface area contributed by atoms with Crippen LogP contribution in [0.15, 0.2) is 29.4 Å². The third-order valence-corrected chi connectivity index (χ3v) is 4.19. The molecule has 6 heteroatoms. The minimum atomic E-state index is -0.0297. The van der Waals surface area contributed by atoms with Crippen molar-refractivity contribution in [3.63, 3.8) is 0 Å². The lowest BCUT2D eigenvalue weighted by Crippen LogP contribution is -2.14. The smallest absolute Gasteiger partial charge is 0.234 e. The molecule has 1 aromatic carbocycles. The van der Waals surface area contributed by atoms with E-state index >= 15 is 0 Å². The molecule has 1 amide bonds. The molecular formula is C16H22N4OS. The van der Waals surface area contributed by atoms with Gasteiger partial charge in [0.15, 0.2) is 5.16 Å². The van der Waals surface area contributed by atoms with Crippen LogP contribution >= 0.6 is 11.8 Å². The van der Waals surface area contributed by atoms with Gasteiger partial charge in [-0.05, 0) is 25.5 Å². The molecule has 1 aromatic heterocycles. The molecule has 0 bridgehead atoms. The highest BCUT2D eigenvalue weighted by Crippen LogP contribution is 2.18. The highest BCUT2D eigenvalue weighted by Gasteiger charge is 2.12. The molecule has 0 aliphatic carbocycles. The number of aryl methyl sites for hydroxylation is 2. The van der Waals surface area contributed by atoms with Crippen LogP contribution in [0.2, 0.25) is 0 Å². The van der Waals surface area contributed by atoms with E-state index in [-0.39, 0.29) is 5.91 Å². The van der Waals surface area contributed by atoms with Crippen LogP contribution in [-0.2, 0) is 17.8 Å². The minimum Gasteiger partial charge on any atom is -0.325 e. The Bertz CT molecular complexity index is 622. The predicted octanol–water partition coefficient (Wildman–Crippen LogP) is 3.29. The molecule has 0 atom stereocenters. The second-order valence-electron chi connectivity index (χ2n) is 5.11. The standard InChI is InChI=1S/C16H22N4OS/c1-4-10-20-14(5-2)18-19-16(20)22-11-15(21)17-13-8-6-12(3)7-9-13/h6-9H,4-5,10-11H2,1-3H3,(H,17,21). The van der Waals surface area contributed by atoms with Gasteiger partial charge in [0, 0.05) is 18.7 Å². The van der Waals surface area contributed by atoms with Gasteiger partial charge in [-0.15, -0.1) is 10.2 Å². The fraction of sp³-hybridized carbons (Fsp3) is 0.438. The van der Waals surface area contributed by atoms with Gasteiger partial charge >= 0.3 is 0 Å². The molecule has 0 saturated carbocycles. The van der Waals surface area contributed by atoms with E-state index < -0.39 is 0 Å². The Morgan fingerprint density at radius 1 is 1.23 bits per heavy atom. The lowest BCUT2D eigenvalue weighted by atomic mass is 10.2. The molecule has 0 aliphatic heterocycles. The van der Waals surface area contributed by atoms with Crippen molar-refractivity contribution in [3.05, 3.63) is 35.7 Å². The van der Waals surface area contributed by atoms with Crippen LogP contribution in [0.1, 0.15) is 31.7 Å². The van der Waals surface area contributed by atoms with Gasteiger partial charge < -0.3 is 9.88 Å². The largest absolute Gasteiger partial charge is 0.325 e. The van der Waals surface area contributed by atoms with Crippen molar-refractivity contribution >= 4 is 23.4 Å². The Hall–Kier alpha value is -1.82. The van der Waals surface area contributed by atoms with Crippen LogP contribution in [0.4, 0.5) is 5.69 Å². The number of hydrogen-bond acceptors (Lipinski definition) is 4. The number of aromatic nitrogens is 3. The first-order valence-electron chi connectivity index (χ1n) is 7.55. The van der Waals surface area contributed by atoms with Crippen LogP contribution in [0, 0.1) is 6.92 Å². The third-order valence-electron chi connectivity index (χ3n) is 3.22. The van der Waals surface area contributed by atoms with Crippen LogP contribution in [0.5, 0.6) is 0 Å². The normalized spacial score (nSPS) is 10.7. The fourth-order valence-electron chi connectivity index (χ4n) is 2.10. The van der Waals surface area contributed by atoms with Crippen molar-refractivity contribution in [3.8, 4) is 0 Å². The van der Waals surface area contributed by atoms with Gasteiger partial charge in [0.2, 0.25) is 5.91 Å². The minimum absolute atomic E-state index is 0.0297. The number of nitrogens with one attached hydrogen (secondary N) is 1. The Morgan fingerprint density at radius 3 is 2.59 bits per heavy atom. The Morgan fingerprint density at radius 2 is 1.95 bits per heavy atom. The van der Waals surface area contributed by atoms with Crippen molar-refractivity contribution in [1.82, 2.24) is 14.8 Å². The molecule has 2 rings (SSSR count). The SMILES string of the molecule is CCCn1c(CC)nnc1SCC(=O)Nc1ccc(C)cc1. The van der Waals surface area contributed by atoms with Crippen molar-refractivity contribution in [2.75, 3.05) is 11.1 Å². The fourth-order valence-corrected chi connectivity index (χ4v) is 2.88. The summed E-state index contributed by atoms with van der Waals surface area (Å²) in [7, 11) is 0. The number of carbonyl (C=O) groups is 1. The number of amides is 1. The molecule has 0 fully saturated rings. The topological polar surface area (TPSA) is 59.8 Å². The second kappa shape index (κ2) is 7.98. The maximum absolute atomic E-state index is 12.0. The number of benzene rings is 1. The molecule has 5 nitrogen and oxygen atoms in total. The first-order chi connectivity index (χ1) is 10.6. The van der Waals surface area contributed by atoms with Crippen molar-refractivity contribution in [2.24, 2.45) is 0 Å². The summed E-state index contributed by atoms with van der Waals surface area (Å²) in [4.78, 5) is 12.0. The van der Waals surface area contributed by atoms with Gasteiger partial charge in [0.1, 0.15) is 5.82 Å². The summed E-state index contributed by atoms with van der Waals surface area (Å²) >= 11 is 1.43. The van der Waals surface area contributed by atoms with E-state index in [9.17, 15) is 4.79 Å². The van der Waals surface area contributed by atoms with Crippen LogP contribution in [0.25, 0.3) is 0 Å². The van der Waals surface area contributed by atoms with Crippen molar-refractivity contribution < 1.29 is 4.79 Å². The van der Waals surface area contributed by atoms with E-state index in [0.717, 1.165) is 36.1 Å². The molecule has 118 valence electrons. The molecular weight excluding hydrogens is 296 g/mol. The highest BCUT2D eigenvalue weighted by molar-refractivity contribution is 7.99. The summed E-state index contributed by atoms with van der Waals surface area (Å²) in [6.07, 6.45) is 1.87. The summed E-state index contributed by atoms with van der Waals surface area (Å²) in [5.74, 6) is 1.28. The zero-order chi connectivity index (χ0) is 15.9. The summed E-state index contributed by atoms with van der Waals surface area (Å²) in [5, 5.41) is 12.1. The number of hydrogen-bond donors (Lipinski definition) is 1. The molecule has 22 heavy (non-hydrogen) atoms. The van der Waals surface area contributed by atoms with E-state index in [1.165, 1.54) is 17.3 Å². The summed E-state index contributed by atoms with van der Waals surface area (Å²) in [6.45, 7) is 7.10. The molecule has 0 spiro atoms. The van der Waals surface area contributed by atoms with E-state index in [1.807, 2.05) is 31.2 Å². The lowest BCUT2D eigenvalue weighted by molar-refractivity contribution is -0.113. The zero-order valence-electron chi connectivity index (χ0n) is 13.3. The predicted molar refractivity (Wildman–Crippen MR) is 90.2 cm³/mol. The van der Waals surface area contributed by atoms with Gasteiger partial charge in [-0.1, -0.05) is 43.3 Å². The zero-order valence-corrected chi connectivity index (χ0v) is 14.1. The molecule has 1 N–H and O–H groups in total. The highest BCUT2D eigenvalue weighted by atomic mass is 32.2. The van der Waals surface area contributed by atoms with Crippen molar-refractivity contribution in [2.45, 2.75) is 45.3 Å². The van der Waals surface area contributed by atoms with Gasteiger partial charge in [-0.3, -0.25) is 4.79 Å². The molecule has 0 radical (unpaired) electrons. The molecule has 1 heterocycles. The Kier molecular flexibility index (Phi) is 6.00. The van der Waals surface area contributed by atoms with Gasteiger partial charge in [-0.25, -0.2) is 0 Å². The summed E-state index contributed by atoms with van der Waals surface area (Å²) in [6, 6.07) is 7.78. The first-order valence-corrected chi connectivity index (χ1v) is 8.54. The number of carbonyl (C=O) groups excluding carboxylic acids is 1. The van der Waals surface area contributed by atoms with E-state index in [2.05, 4.69) is 33.9 Å². The number of thioether (sulfide) groups is 1. The van der Waals surface area contributed by atoms with E-state index in [4.69, 9.17) is 0 Å². The molecule has 0 saturated heterocycles. The van der Waals surface area contributed by atoms with Crippen LogP contribution < -0.4 is 5.32 Å². The van der Waals surface area contributed by atoms with Gasteiger partial charge in [-0.2, -0.15) is 0 Å². The number of nitrogens with zero attached hydrogens (tertiary/aromatic N) is 3. The van der Waals surface area contributed by atoms with E-state index in [1.54, 1.807) is 0 Å². The second-order valence-corrected chi connectivity index (χ2v) is 6.05. The molecule has 0 aliphatic rings. The lowest BCUT2D eigenvalue weighted by Gasteiger charge is -2.08. The Labute approximate surface area is 135 Å². The maximum atomic E-state index is 12.0. The third kappa shape index (κ3) is 4.34. The summed E-state index contributed by atoms with van der Waals surface area (Å²) < 4.78 is 2.10. The molecule has 0 unspecified atom stereocenters. The Balaban J connectivity index is 1.93. The van der Waals surface area contributed by atoms with Crippen molar-refractivity contribution in [1.29, 1.82) is 0 Å². The van der Waals surface area contributed by atoms with Crippen LogP contribution in [0.3, 0.4) is 0 Å². The number of anilines is 1. The van der Waals surface area contributed by atoms with Gasteiger partial charge in [0.05, 0.1) is 5.75 Å².